The highest BCUT2D eigenvalue weighted by Crippen LogP contribution is 2.25. The fraction of sp³-hybridized carbons (Fsp3) is 0.0714. The van der Waals surface area contributed by atoms with Crippen LogP contribution in [0.2, 0.25) is 0 Å². The fourth-order valence-corrected chi connectivity index (χ4v) is 1.81. The van der Waals surface area contributed by atoms with E-state index < -0.39 is 5.97 Å². The van der Waals surface area contributed by atoms with Gasteiger partial charge in [0.1, 0.15) is 5.82 Å². The van der Waals surface area contributed by atoms with Crippen LogP contribution >= 0.6 is 0 Å². The lowest BCUT2D eigenvalue weighted by atomic mass is 9.96. The van der Waals surface area contributed by atoms with E-state index in [0.717, 1.165) is 11.1 Å². The van der Waals surface area contributed by atoms with Crippen molar-refractivity contribution >= 4 is 5.97 Å². The van der Waals surface area contributed by atoms with Gasteiger partial charge in [-0.1, -0.05) is 24.3 Å². The van der Waals surface area contributed by atoms with E-state index in [1.807, 2.05) is 6.07 Å². The molecule has 0 aliphatic rings. The first-order valence-corrected chi connectivity index (χ1v) is 5.18. The van der Waals surface area contributed by atoms with Crippen LogP contribution in [0.1, 0.15) is 15.9 Å². The molecule has 0 unspecified atom stereocenters. The lowest BCUT2D eigenvalue weighted by molar-refractivity contribution is 0.0696. The summed E-state index contributed by atoms with van der Waals surface area (Å²) in [6.45, 7) is 1.75. The van der Waals surface area contributed by atoms with E-state index in [1.165, 1.54) is 12.1 Å². The van der Waals surface area contributed by atoms with Gasteiger partial charge in [0.05, 0.1) is 5.56 Å². The Bertz CT molecular complexity index is 559. The summed E-state index contributed by atoms with van der Waals surface area (Å²) in [7, 11) is 0. The number of carboxylic acid groups (broad SMARTS) is 1. The smallest absolute Gasteiger partial charge is 0.335 e. The topological polar surface area (TPSA) is 37.3 Å². The standard InChI is InChI=1S/C14H11FO2/c1-9-12(3-2-4-13(9)14(16)17)10-5-7-11(15)8-6-10/h2-8H,1H3,(H,16,17). The molecule has 0 heterocycles. The number of hydrogen-bond acceptors (Lipinski definition) is 1. The zero-order chi connectivity index (χ0) is 12.4. The van der Waals surface area contributed by atoms with Crippen LogP contribution in [0.4, 0.5) is 4.39 Å². The molecule has 0 fully saturated rings. The SMILES string of the molecule is Cc1c(C(=O)O)cccc1-c1ccc(F)cc1. The Kier molecular flexibility index (Phi) is 2.91. The molecule has 0 saturated carbocycles. The molecule has 2 aromatic rings. The van der Waals surface area contributed by atoms with E-state index in [4.69, 9.17) is 5.11 Å². The quantitative estimate of drug-likeness (QED) is 0.857. The Morgan fingerprint density at radius 3 is 2.35 bits per heavy atom. The van der Waals surface area contributed by atoms with Crippen molar-refractivity contribution in [3.8, 4) is 11.1 Å². The normalized spacial score (nSPS) is 10.2. The summed E-state index contributed by atoms with van der Waals surface area (Å²) >= 11 is 0. The molecule has 0 aliphatic carbocycles. The van der Waals surface area contributed by atoms with E-state index in [9.17, 15) is 9.18 Å². The van der Waals surface area contributed by atoms with Crippen molar-refractivity contribution in [1.82, 2.24) is 0 Å². The lowest BCUT2D eigenvalue weighted by Crippen LogP contribution is -2.00. The van der Waals surface area contributed by atoms with E-state index in [2.05, 4.69) is 0 Å². The first-order chi connectivity index (χ1) is 8.09. The summed E-state index contributed by atoms with van der Waals surface area (Å²) in [5.74, 6) is -1.26. The average molecular weight is 230 g/mol. The van der Waals surface area contributed by atoms with Gasteiger partial charge >= 0.3 is 5.97 Å². The summed E-state index contributed by atoms with van der Waals surface area (Å²) in [6.07, 6.45) is 0. The Labute approximate surface area is 98.3 Å². The van der Waals surface area contributed by atoms with Crippen LogP contribution in [-0.4, -0.2) is 11.1 Å². The van der Waals surface area contributed by atoms with Gasteiger partial charge in [0.2, 0.25) is 0 Å². The molecule has 2 nitrogen and oxygen atoms in total. The predicted octanol–water partition coefficient (Wildman–Crippen LogP) is 3.50. The Balaban J connectivity index is 2.56. The summed E-state index contributed by atoms with van der Waals surface area (Å²) < 4.78 is 12.8. The maximum atomic E-state index is 12.8. The van der Waals surface area contributed by atoms with Gasteiger partial charge in [0.15, 0.2) is 0 Å². The lowest BCUT2D eigenvalue weighted by Gasteiger charge is -2.08. The van der Waals surface area contributed by atoms with Crippen molar-refractivity contribution in [2.45, 2.75) is 6.92 Å². The van der Waals surface area contributed by atoms with Gasteiger partial charge in [-0.05, 0) is 41.8 Å². The highest BCUT2D eigenvalue weighted by molar-refractivity contribution is 5.92. The maximum Gasteiger partial charge on any atom is 0.335 e. The van der Waals surface area contributed by atoms with Gasteiger partial charge in [0.25, 0.3) is 0 Å². The monoisotopic (exact) mass is 230 g/mol. The molecule has 0 aromatic heterocycles. The maximum absolute atomic E-state index is 12.8. The molecule has 0 bridgehead atoms. The summed E-state index contributed by atoms with van der Waals surface area (Å²) in [6, 6.07) is 11.1. The number of halogens is 1. The molecule has 0 amide bonds. The molecule has 0 spiro atoms. The molecule has 86 valence electrons. The van der Waals surface area contributed by atoms with Crippen molar-refractivity contribution < 1.29 is 14.3 Å². The zero-order valence-corrected chi connectivity index (χ0v) is 9.27. The number of carbonyl (C=O) groups is 1. The van der Waals surface area contributed by atoms with Crippen LogP contribution in [0.5, 0.6) is 0 Å². The van der Waals surface area contributed by atoms with Crippen molar-refractivity contribution in [2.75, 3.05) is 0 Å². The van der Waals surface area contributed by atoms with Gasteiger partial charge in [0, 0.05) is 0 Å². The van der Waals surface area contributed by atoms with Gasteiger partial charge in [-0.2, -0.15) is 0 Å². The number of aromatic carboxylic acids is 1. The molecule has 0 aliphatic heterocycles. The third-order valence-electron chi connectivity index (χ3n) is 2.72. The van der Waals surface area contributed by atoms with Crippen molar-refractivity contribution in [3.05, 3.63) is 59.4 Å². The van der Waals surface area contributed by atoms with Gasteiger partial charge in [-0.3, -0.25) is 0 Å². The molecular weight excluding hydrogens is 219 g/mol. The second-order valence-electron chi connectivity index (χ2n) is 3.79. The first kappa shape index (κ1) is 11.3. The number of rotatable bonds is 2. The summed E-state index contributed by atoms with van der Waals surface area (Å²) in [4.78, 5) is 11.0. The fourth-order valence-electron chi connectivity index (χ4n) is 1.81. The highest BCUT2D eigenvalue weighted by atomic mass is 19.1. The number of carboxylic acids is 1. The van der Waals surface area contributed by atoms with Crippen LogP contribution in [-0.2, 0) is 0 Å². The van der Waals surface area contributed by atoms with E-state index in [1.54, 1.807) is 31.2 Å². The molecule has 17 heavy (non-hydrogen) atoms. The molecule has 1 N–H and O–H groups in total. The van der Waals surface area contributed by atoms with Crippen LogP contribution in [0, 0.1) is 12.7 Å². The average Bonchev–Trinajstić information content (AvgIpc) is 2.30. The van der Waals surface area contributed by atoms with Crippen molar-refractivity contribution in [3.63, 3.8) is 0 Å². The van der Waals surface area contributed by atoms with Gasteiger partial charge in [-0.25, -0.2) is 9.18 Å². The Morgan fingerprint density at radius 2 is 1.76 bits per heavy atom. The summed E-state index contributed by atoms with van der Waals surface area (Å²) in [5.41, 5.74) is 2.58. The zero-order valence-electron chi connectivity index (χ0n) is 9.27. The van der Waals surface area contributed by atoms with Crippen LogP contribution < -0.4 is 0 Å². The largest absolute Gasteiger partial charge is 0.478 e. The van der Waals surface area contributed by atoms with Crippen LogP contribution in [0.25, 0.3) is 11.1 Å². The van der Waals surface area contributed by atoms with E-state index in [0.29, 0.717) is 5.56 Å². The molecule has 0 saturated heterocycles. The third-order valence-corrected chi connectivity index (χ3v) is 2.72. The van der Waals surface area contributed by atoms with E-state index >= 15 is 0 Å². The van der Waals surface area contributed by atoms with Crippen LogP contribution in [0.15, 0.2) is 42.5 Å². The highest BCUT2D eigenvalue weighted by Gasteiger charge is 2.10. The molecule has 0 atom stereocenters. The number of hydrogen-bond donors (Lipinski definition) is 1. The first-order valence-electron chi connectivity index (χ1n) is 5.18. The van der Waals surface area contributed by atoms with Crippen molar-refractivity contribution in [1.29, 1.82) is 0 Å². The molecule has 2 aromatic carbocycles. The van der Waals surface area contributed by atoms with E-state index in [-0.39, 0.29) is 11.4 Å². The second kappa shape index (κ2) is 4.37. The minimum Gasteiger partial charge on any atom is -0.478 e. The van der Waals surface area contributed by atoms with Gasteiger partial charge < -0.3 is 5.11 Å². The summed E-state index contributed by atoms with van der Waals surface area (Å²) in [5, 5.41) is 9.02. The minimum atomic E-state index is -0.952. The second-order valence-corrected chi connectivity index (χ2v) is 3.79. The third kappa shape index (κ3) is 2.18. The molecule has 3 heteroatoms. The molecular formula is C14H11FO2. The number of benzene rings is 2. The Morgan fingerprint density at radius 1 is 1.12 bits per heavy atom. The van der Waals surface area contributed by atoms with Gasteiger partial charge in [-0.15, -0.1) is 0 Å². The Hall–Kier alpha value is -2.16. The van der Waals surface area contributed by atoms with Crippen LogP contribution in [0.3, 0.4) is 0 Å². The molecule has 0 radical (unpaired) electrons. The van der Waals surface area contributed by atoms with Crippen molar-refractivity contribution in [2.24, 2.45) is 0 Å². The predicted molar refractivity (Wildman–Crippen MR) is 63.5 cm³/mol. The molecule has 2 rings (SSSR count). The minimum absolute atomic E-state index is 0.270.